The predicted molar refractivity (Wildman–Crippen MR) is 94.4 cm³/mol. The number of esters is 1. The van der Waals surface area contributed by atoms with Crippen LogP contribution < -0.4 is 9.46 Å². The molecule has 6 nitrogen and oxygen atoms in total. The third-order valence-electron chi connectivity index (χ3n) is 3.41. The summed E-state index contributed by atoms with van der Waals surface area (Å²) >= 11 is 3.19. The second-order valence-corrected chi connectivity index (χ2v) is 7.88. The second-order valence-electron chi connectivity index (χ2n) is 5.31. The van der Waals surface area contributed by atoms with Gasteiger partial charge in [-0.2, -0.15) is 4.72 Å². The zero-order valence-corrected chi connectivity index (χ0v) is 15.5. The van der Waals surface area contributed by atoms with Crippen LogP contribution in [0.15, 0.2) is 69.7 Å². The molecule has 1 heterocycles. The summed E-state index contributed by atoms with van der Waals surface area (Å²) in [5, 5.41) is 0. The van der Waals surface area contributed by atoms with Gasteiger partial charge in [-0.15, -0.1) is 0 Å². The summed E-state index contributed by atoms with van der Waals surface area (Å²) in [6, 6.07) is 15.0. The van der Waals surface area contributed by atoms with Gasteiger partial charge in [0.05, 0.1) is 4.90 Å². The fourth-order valence-electron chi connectivity index (χ4n) is 2.13. The van der Waals surface area contributed by atoms with Crippen molar-refractivity contribution in [2.24, 2.45) is 0 Å². The Kier molecular flexibility index (Phi) is 4.94. The van der Waals surface area contributed by atoms with Gasteiger partial charge in [-0.25, -0.2) is 13.2 Å². The van der Waals surface area contributed by atoms with Crippen molar-refractivity contribution >= 4 is 31.9 Å². The normalized spacial score (nSPS) is 17.5. The topological polar surface area (TPSA) is 81.7 Å². The Bertz CT molecular complexity index is 923. The molecule has 0 saturated carbocycles. The van der Waals surface area contributed by atoms with E-state index in [-0.39, 0.29) is 15.1 Å². The molecule has 1 N–H and O–H groups in total. The summed E-state index contributed by atoms with van der Waals surface area (Å²) in [5.41, 5.74) is 0.936. The van der Waals surface area contributed by atoms with Crippen LogP contribution in [0.4, 0.5) is 0 Å². The van der Waals surface area contributed by atoms with E-state index in [0.29, 0.717) is 5.75 Å². The number of carbonyl (C=O) groups is 1. The zero-order valence-electron chi connectivity index (χ0n) is 13.1. The number of ether oxygens (including phenoxy) is 2. The fourth-order valence-corrected chi connectivity index (χ4v) is 3.81. The van der Waals surface area contributed by atoms with Crippen molar-refractivity contribution in [2.45, 2.75) is 18.0 Å². The molecule has 0 unspecified atom stereocenters. The number of hydrogen-bond donors (Lipinski definition) is 1. The minimum Gasteiger partial charge on any atom is -0.449 e. The average molecular weight is 424 g/mol. The molecule has 1 aliphatic heterocycles. The van der Waals surface area contributed by atoms with Gasteiger partial charge >= 0.3 is 5.97 Å². The lowest BCUT2D eigenvalue weighted by Gasteiger charge is -2.13. The molecule has 25 heavy (non-hydrogen) atoms. The molecule has 0 saturated heterocycles. The molecule has 0 fully saturated rings. The SMILES string of the molecule is Cc1ccc(S(=O)(=O)N[C@H]2OC(=O)C(Oc3ccccc3)=C2Br)cc1. The Morgan fingerprint density at radius 2 is 1.72 bits per heavy atom. The standard InChI is InChI=1S/C17H14BrNO5S/c1-11-7-9-13(10-8-11)25(21,22)19-16-14(18)15(17(20)24-16)23-12-5-3-2-4-6-12/h2-10,16,19H,1H3/t16-/m0/s1. The van der Waals surface area contributed by atoms with Crippen LogP contribution in [0.5, 0.6) is 5.75 Å². The van der Waals surface area contributed by atoms with Crippen LogP contribution in [0.1, 0.15) is 5.56 Å². The van der Waals surface area contributed by atoms with Crippen molar-refractivity contribution in [2.75, 3.05) is 0 Å². The Morgan fingerprint density at radius 3 is 2.36 bits per heavy atom. The second kappa shape index (κ2) is 6.99. The highest BCUT2D eigenvalue weighted by Crippen LogP contribution is 2.29. The number of hydrogen-bond acceptors (Lipinski definition) is 5. The van der Waals surface area contributed by atoms with Crippen molar-refractivity contribution in [1.82, 2.24) is 4.72 Å². The van der Waals surface area contributed by atoms with E-state index >= 15 is 0 Å². The number of sulfonamides is 1. The molecular formula is C17H14BrNO5S. The molecule has 1 atom stereocenters. The maximum atomic E-state index is 12.4. The molecule has 2 aromatic carbocycles. The van der Waals surface area contributed by atoms with Crippen LogP contribution in [-0.4, -0.2) is 20.6 Å². The molecule has 0 radical (unpaired) electrons. The van der Waals surface area contributed by atoms with Crippen LogP contribution in [0.2, 0.25) is 0 Å². The van der Waals surface area contributed by atoms with Crippen molar-refractivity contribution in [1.29, 1.82) is 0 Å². The lowest BCUT2D eigenvalue weighted by molar-refractivity contribution is -0.141. The van der Waals surface area contributed by atoms with Gasteiger partial charge in [0.2, 0.25) is 22.0 Å². The van der Waals surface area contributed by atoms with E-state index in [1.54, 1.807) is 36.4 Å². The first kappa shape index (κ1) is 17.7. The molecule has 130 valence electrons. The molecule has 2 aromatic rings. The molecule has 1 aliphatic rings. The van der Waals surface area contributed by atoms with Gasteiger partial charge in [0.1, 0.15) is 10.2 Å². The van der Waals surface area contributed by atoms with Gasteiger partial charge in [0.15, 0.2) is 0 Å². The maximum Gasteiger partial charge on any atom is 0.377 e. The molecule has 3 rings (SSSR count). The van der Waals surface area contributed by atoms with E-state index < -0.39 is 22.2 Å². The van der Waals surface area contributed by atoms with Crippen LogP contribution in [0, 0.1) is 6.92 Å². The third kappa shape index (κ3) is 3.92. The summed E-state index contributed by atoms with van der Waals surface area (Å²) in [5.74, 6) is -0.413. The zero-order chi connectivity index (χ0) is 18.0. The van der Waals surface area contributed by atoms with Crippen molar-refractivity contribution in [3.05, 3.63) is 70.4 Å². The molecule has 0 aromatic heterocycles. The maximum absolute atomic E-state index is 12.4. The highest BCUT2D eigenvalue weighted by atomic mass is 79.9. The van der Waals surface area contributed by atoms with Crippen LogP contribution in [0.25, 0.3) is 0 Å². The van der Waals surface area contributed by atoms with Crippen LogP contribution in [-0.2, 0) is 19.6 Å². The lowest BCUT2D eigenvalue weighted by Crippen LogP contribution is -2.35. The minimum atomic E-state index is -3.86. The summed E-state index contributed by atoms with van der Waals surface area (Å²) in [4.78, 5) is 12.1. The first-order valence-electron chi connectivity index (χ1n) is 7.29. The number of rotatable bonds is 5. The Hall–Kier alpha value is -2.16. The summed E-state index contributed by atoms with van der Waals surface area (Å²) in [7, 11) is -3.86. The molecule has 0 aliphatic carbocycles. The van der Waals surface area contributed by atoms with Gasteiger partial charge < -0.3 is 9.47 Å². The summed E-state index contributed by atoms with van der Waals surface area (Å²) < 4.78 is 37.9. The Balaban J connectivity index is 1.81. The molecule has 0 spiro atoms. The van der Waals surface area contributed by atoms with Gasteiger partial charge in [-0.3, -0.25) is 0 Å². The number of cyclic esters (lactones) is 1. The smallest absolute Gasteiger partial charge is 0.377 e. The van der Waals surface area contributed by atoms with Gasteiger partial charge in [0.25, 0.3) is 0 Å². The van der Waals surface area contributed by atoms with E-state index in [2.05, 4.69) is 20.7 Å². The van der Waals surface area contributed by atoms with Crippen molar-refractivity contribution in [3.63, 3.8) is 0 Å². The fraction of sp³-hybridized carbons (Fsp3) is 0.118. The van der Waals surface area contributed by atoms with E-state index in [9.17, 15) is 13.2 Å². The summed E-state index contributed by atoms with van der Waals surface area (Å²) in [6.45, 7) is 1.86. The van der Waals surface area contributed by atoms with Crippen LogP contribution in [0.3, 0.4) is 0 Å². The minimum absolute atomic E-state index is 0.0758. The van der Waals surface area contributed by atoms with Gasteiger partial charge in [0, 0.05) is 0 Å². The molecule has 8 heteroatoms. The Morgan fingerprint density at radius 1 is 1.08 bits per heavy atom. The van der Waals surface area contributed by atoms with E-state index in [0.717, 1.165) is 5.56 Å². The monoisotopic (exact) mass is 423 g/mol. The van der Waals surface area contributed by atoms with E-state index in [1.807, 2.05) is 13.0 Å². The number of halogens is 1. The number of benzene rings is 2. The van der Waals surface area contributed by atoms with E-state index in [1.165, 1.54) is 12.1 Å². The highest BCUT2D eigenvalue weighted by molar-refractivity contribution is 9.11. The quantitative estimate of drug-likeness (QED) is 0.747. The number of aryl methyl sites for hydroxylation is 1. The number of nitrogens with one attached hydrogen (secondary N) is 1. The van der Waals surface area contributed by atoms with E-state index in [4.69, 9.17) is 9.47 Å². The predicted octanol–water partition coefficient (Wildman–Crippen LogP) is 2.84. The van der Waals surface area contributed by atoms with Crippen molar-refractivity contribution in [3.8, 4) is 5.75 Å². The molecule has 0 amide bonds. The van der Waals surface area contributed by atoms with Gasteiger partial charge in [-0.05, 0) is 47.1 Å². The number of carbonyl (C=O) groups excluding carboxylic acids is 1. The average Bonchev–Trinajstić information content (AvgIpc) is 2.83. The first-order chi connectivity index (χ1) is 11.9. The highest BCUT2D eigenvalue weighted by Gasteiger charge is 2.37. The Labute approximate surface area is 153 Å². The third-order valence-corrected chi connectivity index (χ3v) is 5.61. The first-order valence-corrected chi connectivity index (χ1v) is 9.57. The number of para-hydroxylation sites is 1. The summed E-state index contributed by atoms with van der Waals surface area (Å²) in [6.07, 6.45) is -1.18. The molecule has 0 bridgehead atoms. The largest absolute Gasteiger partial charge is 0.449 e. The lowest BCUT2D eigenvalue weighted by atomic mass is 10.2. The van der Waals surface area contributed by atoms with Crippen LogP contribution >= 0.6 is 15.9 Å². The van der Waals surface area contributed by atoms with Gasteiger partial charge in [-0.1, -0.05) is 35.9 Å². The van der Waals surface area contributed by atoms with Crippen molar-refractivity contribution < 1.29 is 22.7 Å². The molecular weight excluding hydrogens is 410 g/mol.